The molecule has 1 heterocycles. The van der Waals surface area contributed by atoms with Gasteiger partial charge in [-0.05, 0) is 56.2 Å². The van der Waals surface area contributed by atoms with Gasteiger partial charge in [0.15, 0.2) is 6.10 Å². The van der Waals surface area contributed by atoms with E-state index in [0.717, 1.165) is 12.2 Å². The van der Waals surface area contributed by atoms with Gasteiger partial charge in [-0.1, -0.05) is 6.92 Å². The van der Waals surface area contributed by atoms with Crippen LogP contribution in [0.15, 0.2) is 34.7 Å². The van der Waals surface area contributed by atoms with Crippen molar-refractivity contribution in [1.29, 1.82) is 0 Å². The Labute approximate surface area is 118 Å². The van der Waals surface area contributed by atoms with Crippen LogP contribution in [0.5, 0.6) is 5.75 Å². The lowest BCUT2D eigenvalue weighted by Crippen LogP contribution is -2.31. The number of halogens is 1. The number of aryl methyl sites for hydroxylation is 2. The van der Waals surface area contributed by atoms with Crippen LogP contribution >= 0.6 is 0 Å². The van der Waals surface area contributed by atoms with Crippen LogP contribution in [0.3, 0.4) is 0 Å². The Kier molecular flexibility index (Phi) is 4.45. The fraction of sp³-hybridized carbons (Fsp3) is 0.375. The van der Waals surface area contributed by atoms with Gasteiger partial charge in [-0.25, -0.2) is 4.39 Å². The van der Waals surface area contributed by atoms with Crippen molar-refractivity contribution >= 4 is 0 Å². The monoisotopic (exact) mass is 277 g/mol. The zero-order valence-electron chi connectivity index (χ0n) is 12.0. The summed E-state index contributed by atoms with van der Waals surface area (Å²) in [5, 5.41) is 0. The summed E-state index contributed by atoms with van der Waals surface area (Å²) >= 11 is 0. The minimum Gasteiger partial charge on any atom is -0.481 e. The molecule has 0 saturated carbocycles. The maximum absolute atomic E-state index is 13.3. The van der Waals surface area contributed by atoms with Gasteiger partial charge in [0.05, 0.1) is 0 Å². The normalized spacial score (nSPS) is 14.1. The number of nitrogens with two attached hydrogens (primary N) is 1. The SMILES string of the molecule is CCC(N)C(Oc1ccc(F)c(C)c1)c1ccc(C)o1. The largest absolute Gasteiger partial charge is 0.481 e. The summed E-state index contributed by atoms with van der Waals surface area (Å²) < 4.78 is 24.8. The molecule has 2 N–H and O–H groups in total. The van der Waals surface area contributed by atoms with Gasteiger partial charge < -0.3 is 14.9 Å². The van der Waals surface area contributed by atoms with E-state index in [-0.39, 0.29) is 18.0 Å². The van der Waals surface area contributed by atoms with Crippen molar-refractivity contribution in [2.75, 3.05) is 0 Å². The smallest absolute Gasteiger partial charge is 0.171 e. The van der Waals surface area contributed by atoms with E-state index >= 15 is 0 Å². The molecular weight excluding hydrogens is 257 g/mol. The molecule has 0 aliphatic heterocycles. The summed E-state index contributed by atoms with van der Waals surface area (Å²) in [6, 6.07) is 8.22. The predicted molar refractivity (Wildman–Crippen MR) is 76.2 cm³/mol. The number of furan rings is 1. The van der Waals surface area contributed by atoms with E-state index in [4.69, 9.17) is 14.9 Å². The average Bonchev–Trinajstić information content (AvgIpc) is 2.85. The topological polar surface area (TPSA) is 48.4 Å². The molecule has 2 rings (SSSR count). The molecule has 1 aromatic carbocycles. The molecule has 1 aromatic heterocycles. The summed E-state index contributed by atoms with van der Waals surface area (Å²) in [4.78, 5) is 0. The van der Waals surface area contributed by atoms with Crippen LogP contribution in [-0.2, 0) is 0 Å². The lowest BCUT2D eigenvalue weighted by molar-refractivity contribution is 0.143. The van der Waals surface area contributed by atoms with Crippen LogP contribution in [0.2, 0.25) is 0 Å². The third-order valence-electron chi connectivity index (χ3n) is 3.29. The average molecular weight is 277 g/mol. The number of ether oxygens (including phenoxy) is 1. The molecule has 0 fully saturated rings. The van der Waals surface area contributed by atoms with E-state index in [1.165, 1.54) is 6.07 Å². The van der Waals surface area contributed by atoms with Crippen molar-refractivity contribution < 1.29 is 13.5 Å². The van der Waals surface area contributed by atoms with Crippen molar-refractivity contribution in [2.24, 2.45) is 5.73 Å². The van der Waals surface area contributed by atoms with Gasteiger partial charge >= 0.3 is 0 Å². The number of hydrogen-bond donors (Lipinski definition) is 1. The Hall–Kier alpha value is -1.81. The Balaban J connectivity index is 2.25. The number of rotatable bonds is 5. The number of hydrogen-bond acceptors (Lipinski definition) is 3. The molecule has 0 bridgehead atoms. The maximum atomic E-state index is 13.3. The highest BCUT2D eigenvalue weighted by atomic mass is 19.1. The quantitative estimate of drug-likeness (QED) is 0.901. The summed E-state index contributed by atoms with van der Waals surface area (Å²) in [5.74, 6) is 1.85. The highest BCUT2D eigenvalue weighted by Gasteiger charge is 2.24. The fourth-order valence-electron chi connectivity index (χ4n) is 2.01. The molecular formula is C16H20FNO2. The van der Waals surface area contributed by atoms with Crippen LogP contribution in [0.1, 0.15) is 36.5 Å². The van der Waals surface area contributed by atoms with Crippen LogP contribution in [0.4, 0.5) is 4.39 Å². The zero-order chi connectivity index (χ0) is 14.7. The molecule has 20 heavy (non-hydrogen) atoms. The molecule has 0 radical (unpaired) electrons. The van der Waals surface area contributed by atoms with Gasteiger partial charge in [0.25, 0.3) is 0 Å². The third-order valence-corrected chi connectivity index (χ3v) is 3.29. The lowest BCUT2D eigenvalue weighted by Gasteiger charge is -2.22. The molecule has 2 unspecified atom stereocenters. The summed E-state index contributed by atoms with van der Waals surface area (Å²) in [7, 11) is 0. The van der Waals surface area contributed by atoms with Gasteiger partial charge in [0.1, 0.15) is 23.1 Å². The molecule has 0 saturated heterocycles. The van der Waals surface area contributed by atoms with Crippen molar-refractivity contribution in [1.82, 2.24) is 0 Å². The Bertz CT molecular complexity index is 580. The maximum Gasteiger partial charge on any atom is 0.171 e. The molecule has 108 valence electrons. The summed E-state index contributed by atoms with van der Waals surface area (Å²) in [6.45, 7) is 5.57. The van der Waals surface area contributed by atoms with Gasteiger partial charge in [-0.2, -0.15) is 0 Å². The molecule has 0 amide bonds. The van der Waals surface area contributed by atoms with Gasteiger partial charge in [-0.3, -0.25) is 0 Å². The van der Waals surface area contributed by atoms with Crippen LogP contribution in [-0.4, -0.2) is 6.04 Å². The van der Waals surface area contributed by atoms with Crippen LogP contribution in [0, 0.1) is 19.7 Å². The van der Waals surface area contributed by atoms with E-state index in [9.17, 15) is 4.39 Å². The van der Waals surface area contributed by atoms with E-state index in [2.05, 4.69) is 0 Å². The molecule has 3 nitrogen and oxygen atoms in total. The van der Waals surface area contributed by atoms with E-state index in [0.29, 0.717) is 17.1 Å². The first-order valence-corrected chi connectivity index (χ1v) is 6.76. The Morgan fingerprint density at radius 2 is 2.00 bits per heavy atom. The van der Waals surface area contributed by atoms with E-state index < -0.39 is 0 Å². The fourth-order valence-corrected chi connectivity index (χ4v) is 2.01. The Morgan fingerprint density at radius 1 is 1.25 bits per heavy atom. The van der Waals surface area contributed by atoms with Crippen LogP contribution in [0.25, 0.3) is 0 Å². The van der Waals surface area contributed by atoms with Gasteiger partial charge in [-0.15, -0.1) is 0 Å². The van der Waals surface area contributed by atoms with Crippen molar-refractivity contribution in [3.05, 3.63) is 53.2 Å². The highest BCUT2D eigenvalue weighted by molar-refractivity contribution is 5.29. The highest BCUT2D eigenvalue weighted by Crippen LogP contribution is 2.28. The standard InChI is InChI=1S/C16H20FNO2/c1-4-14(18)16(15-8-5-11(3)19-15)20-12-6-7-13(17)10(2)9-12/h5-9,14,16H,4,18H2,1-3H3. The van der Waals surface area contributed by atoms with Crippen molar-refractivity contribution in [2.45, 2.75) is 39.3 Å². The van der Waals surface area contributed by atoms with Gasteiger partial charge in [0.2, 0.25) is 0 Å². The van der Waals surface area contributed by atoms with Crippen LogP contribution < -0.4 is 10.5 Å². The van der Waals surface area contributed by atoms with E-state index in [1.807, 2.05) is 26.0 Å². The van der Waals surface area contributed by atoms with E-state index in [1.54, 1.807) is 19.1 Å². The molecule has 0 aliphatic rings. The molecule has 0 spiro atoms. The Morgan fingerprint density at radius 3 is 2.55 bits per heavy atom. The lowest BCUT2D eigenvalue weighted by atomic mass is 10.1. The zero-order valence-corrected chi connectivity index (χ0v) is 12.0. The first kappa shape index (κ1) is 14.6. The minimum absolute atomic E-state index is 0.189. The molecule has 4 heteroatoms. The second kappa shape index (κ2) is 6.09. The second-order valence-corrected chi connectivity index (χ2v) is 4.97. The minimum atomic E-state index is -0.376. The van der Waals surface area contributed by atoms with Crippen molar-refractivity contribution in [3.8, 4) is 5.75 Å². The molecule has 2 atom stereocenters. The second-order valence-electron chi connectivity index (χ2n) is 4.97. The number of benzene rings is 1. The predicted octanol–water partition coefficient (Wildman–Crippen LogP) is 3.89. The third kappa shape index (κ3) is 3.20. The molecule has 2 aromatic rings. The van der Waals surface area contributed by atoms with Crippen molar-refractivity contribution in [3.63, 3.8) is 0 Å². The summed E-state index contributed by atoms with van der Waals surface area (Å²) in [5.41, 5.74) is 6.66. The van der Waals surface area contributed by atoms with Gasteiger partial charge in [0, 0.05) is 6.04 Å². The first-order valence-electron chi connectivity index (χ1n) is 6.76. The summed E-state index contributed by atoms with van der Waals surface area (Å²) in [6.07, 6.45) is 0.378. The first-order chi connectivity index (χ1) is 9.51. The molecule has 0 aliphatic carbocycles.